The molecule has 2 N–H and O–H groups in total. The van der Waals surface area contributed by atoms with Crippen molar-refractivity contribution < 1.29 is 9.53 Å². The van der Waals surface area contributed by atoms with Crippen molar-refractivity contribution in [2.45, 2.75) is 6.92 Å². The SMILES string of the molecule is CCOc1ccc(NC(=O)c2ccc3n[nH]nc3c2)cc1. The summed E-state index contributed by atoms with van der Waals surface area (Å²) in [6, 6.07) is 12.4. The van der Waals surface area contributed by atoms with Gasteiger partial charge in [0.1, 0.15) is 16.8 Å². The number of aromatic amines is 1. The molecule has 0 fully saturated rings. The van der Waals surface area contributed by atoms with Crippen molar-refractivity contribution in [3.8, 4) is 5.75 Å². The lowest BCUT2D eigenvalue weighted by Gasteiger charge is -2.07. The second kappa shape index (κ2) is 5.62. The quantitative estimate of drug-likeness (QED) is 0.770. The van der Waals surface area contributed by atoms with Gasteiger partial charge < -0.3 is 10.1 Å². The Labute approximate surface area is 121 Å². The lowest BCUT2D eigenvalue weighted by atomic mass is 10.2. The molecule has 106 valence electrons. The van der Waals surface area contributed by atoms with Crippen LogP contribution in [0, 0.1) is 0 Å². The third-order valence-electron chi connectivity index (χ3n) is 3.00. The molecule has 0 saturated heterocycles. The number of H-pyrrole nitrogens is 1. The van der Waals surface area contributed by atoms with Crippen LogP contribution in [0.25, 0.3) is 11.0 Å². The predicted octanol–water partition coefficient (Wildman–Crippen LogP) is 2.61. The summed E-state index contributed by atoms with van der Waals surface area (Å²) >= 11 is 0. The normalized spacial score (nSPS) is 10.5. The summed E-state index contributed by atoms with van der Waals surface area (Å²) < 4.78 is 5.36. The van der Waals surface area contributed by atoms with E-state index in [1.807, 2.05) is 19.1 Å². The number of ether oxygens (including phenoxy) is 1. The van der Waals surface area contributed by atoms with Crippen LogP contribution in [-0.4, -0.2) is 27.9 Å². The van der Waals surface area contributed by atoms with E-state index in [4.69, 9.17) is 4.74 Å². The molecule has 1 aromatic heterocycles. The van der Waals surface area contributed by atoms with Gasteiger partial charge in [0.15, 0.2) is 0 Å². The molecule has 0 spiro atoms. The number of carbonyl (C=O) groups excluding carboxylic acids is 1. The van der Waals surface area contributed by atoms with Crippen LogP contribution < -0.4 is 10.1 Å². The van der Waals surface area contributed by atoms with Crippen molar-refractivity contribution in [2.24, 2.45) is 0 Å². The molecule has 1 heterocycles. The molecule has 0 unspecified atom stereocenters. The number of anilines is 1. The first-order valence-corrected chi connectivity index (χ1v) is 6.61. The first kappa shape index (κ1) is 13.1. The van der Waals surface area contributed by atoms with E-state index in [1.165, 1.54) is 0 Å². The van der Waals surface area contributed by atoms with E-state index < -0.39 is 0 Å². The van der Waals surface area contributed by atoms with Crippen LogP contribution in [0.5, 0.6) is 5.75 Å². The van der Waals surface area contributed by atoms with E-state index in [-0.39, 0.29) is 5.91 Å². The number of amides is 1. The summed E-state index contributed by atoms with van der Waals surface area (Å²) in [5, 5.41) is 13.3. The molecule has 0 bridgehead atoms. The lowest BCUT2D eigenvalue weighted by molar-refractivity contribution is 0.102. The molecule has 0 saturated carbocycles. The minimum absolute atomic E-state index is 0.191. The minimum atomic E-state index is -0.191. The Bertz CT molecular complexity index is 765. The first-order chi connectivity index (χ1) is 10.3. The summed E-state index contributed by atoms with van der Waals surface area (Å²) in [5.74, 6) is 0.587. The van der Waals surface area contributed by atoms with Gasteiger partial charge in [0.05, 0.1) is 6.61 Å². The number of fused-ring (bicyclic) bond motifs is 1. The van der Waals surface area contributed by atoms with Crippen LogP contribution in [-0.2, 0) is 0 Å². The number of rotatable bonds is 4. The Hall–Kier alpha value is -2.89. The molecule has 1 amide bonds. The molecule has 0 aliphatic rings. The average molecular weight is 282 g/mol. The highest BCUT2D eigenvalue weighted by Gasteiger charge is 2.08. The van der Waals surface area contributed by atoms with Crippen LogP contribution >= 0.6 is 0 Å². The van der Waals surface area contributed by atoms with Gasteiger partial charge in [-0.15, -0.1) is 0 Å². The van der Waals surface area contributed by atoms with Crippen LogP contribution in [0.1, 0.15) is 17.3 Å². The Morgan fingerprint density at radius 3 is 2.67 bits per heavy atom. The van der Waals surface area contributed by atoms with Crippen LogP contribution in [0.3, 0.4) is 0 Å². The predicted molar refractivity (Wildman–Crippen MR) is 79.5 cm³/mol. The third kappa shape index (κ3) is 2.84. The third-order valence-corrected chi connectivity index (χ3v) is 3.00. The summed E-state index contributed by atoms with van der Waals surface area (Å²) in [6.07, 6.45) is 0. The fourth-order valence-electron chi connectivity index (χ4n) is 1.99. The molecular weight excluding hydrogens is 268 g/mol. The smallest absolute Gasteiger partial charge is 0.255 e. The van der Waals surface area contributed by atoms with Gasteiger partial charge in [-0.1, -0.05) is 0 Å². The lowest BCUT2D eigenvalue weighted by Crippen LogP contribution is -2.11. The molecule has 3 aromatic rings. The van der Waals surface area contributed by atoms with Gasteiger partial charge in [-0.3, -0.25) is 4.79 Å². The van der Waals surface area contributed by atoms with E-state index in [2.05, 4.69) is 20.7 Å². The zero-order valence-corrected chi connectivity index (χ0v) is 11.5. The van der Waals surface area contributed by atoms with Crippen LogP contribution in [0.2, 0.25) is 0 Å². The zero-order chi connectivity index (χ0) is 14.7. The standard InChI is InChI=1S/C15H14N4O2/c1-2-21-12-6-4-11(5-7-12)16-15(20)10-3-8-13-14(9-10)18-19-17-13/h3-9H,2H2,1H3,(H,16,20)(H,17,18,19). The summed E-state index contributed by atoms with van der Waals surface area (Å²) in [7, 11) is 0. The van der Waals surface area contributed by atoms with Gasteiger partial charge in [0, 0.05) is 11.3 Å². The molecule has 3 rings (SSSR count). The summed E-state index contributed by atoms with van der Waals surface area (Å²) in [6.45, 7) is 2.54. The minimum Gasteiger partial charge on any atom is -0.494 e. The second-order valence-corrected chi connectivity index (χ2v) is 4.44. The highest BCUT2D eigenvalue weighted by molar-refractivity contribution is 6.05. The molecule has 21 heavy (non-hydrogen) atoms. The van der Waals surface area contributed by atoms with Crippen molar-refractivity contribution in [3.05, 3.63) is 48.0 Å². The van der Waals surface area contributed by atoms with Crippen molar-refractivity contribution >= 4 is 22.6 Å². The molecule has 0 radical (unpaired) electrons. The monoisotopic (exact) mass is 282 g/mol. The highest BCUT2D eigenvalue weighted by Crippen LogP contribution is 2.17. The van der Waals surface area contributed by atoms with Gasteiger partial charge in [-0.05, 0) is 49.4 Å². The Kier molecular flexibility index (Phi) is 3.51. The topological polar surface area (TPSA) is 79.9 Å². The zero-order valence-electron chi connectivity index (χ0n) is 11.5. The van der Waals surface area contributed by atoms with E-state index >= 15 is 0 Å². The second-order valence-electron chi connectivity index (χ2n) is 4.44. The van der Waals surface area contributed by atoms with Gasteiger partial charge in [0.2, 0.25) is 0 Å². The fourth-order valence-corrected chi connectivity index (χ4v) is 1.99. The van der Waals surface area contributed by atoms with Crippen molar-refractivity contribution in [2.75, 3.05) is 11.9 Å². The van der Waals surface area contributed by atoms with Gasteiger partial charge in [0.25, 0.3) is 5.91 Å². The number of nitrogens with zero attached hydrogens (tertiary/aromatic N) is 2. The highest BCUT2D eigenvalue weighted by atomic mass is 16.5. The van der Waals surface area contributed by atoms with Gasteiger partial charge >= 0.3 is 0 Å². The fraction of sp³-hybridized carbons (Fsp3) is 0.133. The number of hydrogen-bond donors (Lipinski definition) is 2. The van der Waals surface area contributed by atoms with Gasteiger partial charge in [-0.2, -0.15) is 15.4 Å². The number of nitrogens with one attached hydrogen (secondary N) is 2. The molecular formula is C15H14N4O2. The van der Waals surface area contributed by atoms with Gasteiger partial charge in [-0.25, -0.2) is 0 Å². The maximum absolute atomic E-state index is 12.2. The largest absolute Gasteiger partial charge is 0.494 e. The first-order valence-electron chi connectivity index (χ1n) is 6.61. The average Bonchev–Trinajstić information content (AvgIpc) is 2.97. The molecule has 6 heteroatoms. The maximum Gasteiger partial charge on any atom is 0.255 e. The Morgan fingerprint density at radius 1 is 1.14 bits per heavy atom. The number of benzene rings is 2. The molecule has 2 aromatic carbocycles. The number of hydrogen-bond acceptors (Lipinski definition) is 4. The number of aromatic nitrogens is 3. The van der Waals surface area contributed by atoms with E-state index in [0.29, 0.717) is 23.4 Å². The van der Waals surface area contributed by atoms with Crippen LogP contribution in [0.15, 0.2) is 42.5 Å². The molecule has 0 atom stereocenters. The Balaban J connectivity index is 1.75. The molecule has 0 aliphatic carbocycles. The number of carbonyl (C=O) groups is 1. The van der Waals surface area contributed by atoms with Crippen LogP contribution in [0.4, 0.5) is 5.69 Å². The van der Waals surface area contributed by atoms with Crippen molar-refractivity contribution in [1.29, 1.82) is 0 Å². The maximum atomic E-state index is 12.2. The van der Waals surface area contributed by atoms with E-state index in [9.17, 15) is 4.79 Å². The molecule has 6 nitrogen and oxygen atoms in total. The molecule has 0 aliphatic heterocycles. The van der Waals surface area contributed by atoms with Crippen molar-refractivity contribution in [1.82, 2.24) is 15.4 Å². The van der Waals surface area contributed by atoms with E-state index in [1.54, 1.807) is 30.3 Å². The summed E-state index contributed by atoms with van der Waals surface area (Å²) in [5.41, 5.74) is 2.64. The summed E-state index contributed by atoms with van der Waals surface area (Å²) in [4.78, 5) is 12.2. The Morgan fingerprint density at radius 2 is 1.90 bits per heavy atom. The van der Waals surface area contributed by atoms with Crippen molar-refractivity contribution in [3.63, 3.8) is 0 Å². The van der Waals surface area contributed by atoms with E-state index in [0.717, 1.165) is 11.3 Å².